The molecular weight excluding hydrogens is 399 g/mol. The molecule has 0 bridgehead atoms. The molecule has 2 N–H and O–H groups in total. The summed E-state index contributed by atoms with van der Waals surface area (Å²) in [6.45, 7) is 9.87. The van der Waals surface area contributed by atoms with E-state index in [1.165, 1.54) is 0 Å². The number of carbonyl (C=O) groups excluding carboxylic acids is 2. The molecule has 2 aromatic rings. The Labute approximate surface area is 175 Å². The van der Waals surface area contributed by atoms with Gasteiger partial charge in [0.1, 0.15) is 5.82 Å². The standard InChI is InChI=1S/C20H26Cl2N4O2/c1-12(2)23-18(27)8-9-19(28)24-17-11-16(20(3,4)5)25-26(17)13-6-7-14(21)15(22)10-13/h6-7,10-12H,8-9H2,1-5H3,(H,23,27)(H,24,28). The zero-order valence-corrected chi connectivity index (χ0v) is 18.3. The lowest BCUT2D eigenvalue weighted by atomic mass is 9.92. The third kappa shape index (κ3) is 5.97. The van der Waals surface area contributed by atoms with Crippen molar-refractivity contribution in [1.82, 2.24) is 15.1 Å². The summed E-state index contributed by atoms with van der Waals surface area (Å²) in [6, 6.07) is 7.02. The highest BCUT2D eigenvalue weighted by atomic mass is 35.5. The number of rotatable bonds is 6. The van der Waals surface area contributed by atoms with Crippen LogP contribution in [0.4, 0.5) is 5.82 Å². The zero-order chi connectivity index (χ0) is 21.1. The van der Waals surface area contributed by atoms with Crippen molar-refractivity contribution in [2.75, 3.05) is 5.32 Å². The molecule has 1 heterocycles. The van der Waals surface area contributed by atoms with Gasteiger partial charge in [0.2, 0.25) is 11.8 Å². The van der Waals surface area contributed by atoms with E-state index in [-0.39, 0.29) is 36.1 Å². The molecule has 1 aromatic heterocycles. The van der Waals surface area contributed by atoms with Gasteiger partial charge in [-0.1, -0.05) is 44.0 Å². The molecule has 2 amide bonds. The summed E-state index contributed by atoms with van der Waals surface area (Å²) in [5.74, 6) is 0.0941. The Bertz CT molecular complexity index is 870. The molecule has 6 nitrogen and oxygen atoms in total. The lowest BCUT2D eigenvalue weighted by Crippen LogP contribution is -2.30. The van der Waals surface area contributed by atoms with Crippen molar-refractivity contribution in [3.8, 4) is 5.69 Å². The zero-order valence-electron chi connectivity index (χ0n) is 16.8. The Morgan fingerprint density at radius 2 is 1.71 bits per heavy atom. The van der Waals surface area contributed by atoms with Crippen LogP contribution in [0.3, 0.4) is 0 Å². The van der Waals surface area contributed by atoms with Gasteiger partial charge in [0, 0.05) is 30.4 Å². The molecule has 0 atom stereocenters. The maximum atomic E-state index is 12.4. The van der Waals surface area contributed by atoms with Crippen LogP contribution in [0, 0.1) is 0 Å². The number of anilines is 1. The fraction of sp³-hybridized carbons (Fsp3) is 0.450. The van der Waals surface area contributed by atoms with E-state index in [0.717, 1.165) is 5.69 Å². The minimum absolute atomic E-state index is 0.0426. The van der Waals surface area contributed by atoms with Gasteiger partial charge in [0.25, 0.3) is 0 Å². The van der Waals surface area contributed by atoms with Crippen LogP contribution in [0.1, 0.15) is 53.2 Å². The van der Waals surface area contributed by atoms with Crippen molar-refractivity contribution in [3.63, 3.8) is 0 Å². The number of nitrogens with one attached hydrogen (secondary N) is 2. The number of amides is 2. The lowest BCUT2D eigenvalue weighted by Gasteiger charge is -2.14. The third-order valence-electron chi connectivity index (χ3n) is 3.92. The molecule has 152 valence electrons. The van der Waals surface area contributed by atoms with Gasteiger partial charge in [-0.2, -0.15) is 5.10 Å². The van der Waals surface area contributed by atoms with Gasteiger partial charge in [-0.3, -0.25) is 9.59 Å². The van der Waals surface area contributed by atoms with Crippen LogP contribution in [-0.4, -0.2) is 27.6 Å². The number of hydrogen-bond acceptors (Lipinski definition) is 3. The van der Waals surface area contributed by atoms with E-state index in [9.17, 15) is 9.59 Å². The van der Waals surface area contributed by atoms with Crippen LogP contribution in [0.2, 0.25) is 10.0 Å². The number of benzene rings is 1. The van der Waals surface area contributed by atoms with Gasteiger partial charge in [-0.25, -0.2) is 4.68 Å². The van der Waals surface area contributed by atoms with Crippen LogP contribution < -0.4 is 10.6 Å². The maximum Gasteiger partial charge on any atom is 0.226 e. The largest absolute Gasteiger partial charge is 0.354 e. The molecule has 1 aromatic carbocycles. The predicted octanol–water partition coefficient (Wildman–Crippen LogP) is 4.72. The van der Waals surface area contributed by atoms with Gasteiger partial charge >= 0.3 is 0 Å². The normalized spacial score (nSPS) is 11.6. The molecule has 0 spiro atoms. The van der Waals surface area contributed by atoms with Crippen LogP contribution in [0.15, 0.2) is 24.3 Å². The molecule has 0 aliphatic rings. The van der Waals surface area contributed by atoms with Gasteiger partial charge in [-0.05, 0) is 32.0 Å². The number of carbonyl (C=O) groups is 2. The van der Waals surface area contributed by atoms with Crippen LogP contribution >= 0.6 is 23.2 Å². The predicted molar refractivity (Wildman–Crippen MR) is 113 cm³/mol. The molecule has 0 aliphatic heterocycles. The average Bonchev–Trinajstić information content (AvgIpc) is 2.99. The first-order chi connectivity index (χ1) is 13.0. The van der Waals surface area contributed by atoms with Gasteiger partial charge in [-0.15, -0.1) is 0 Å². The number of aromatic nitrogens is 2. The highest BCUT2D eigenvalue weighted by Crippen LogP contribution is 2.29. The van der Waals surface area contributed by atoms with Crippen molar-refractivity contribution >= 4 is 40.8 Å². The average molecular weight is 425 g/mol. The molecule has 0 saturated carbocycles. The number of halogens is 2. The second kappa shape index (κ2) is 8.97. The summed E-state index contributed by atoms with van der Waals surface area (Å²) >= 11 is 12.1. The van der Waals surface area contributed by atoms with Crippen LogP contribution in [0.25, 0.3) is 5.69 Å². The summed E-state index contributed by atoms with van der Waals surface area (Å²) < 4.78 is 1.62. The van der Waals surface area contributed by atoms with E-state index in [0.29, 0.717) is 21.6 Å². The van der Waals surface area contributed by atoms with E-state index in [1.54, 1.807) is 22.9 Å². The van der Waals surface area contributed by atoms with Gasteiger partial charge < -0.3 is 10.6 Å². The Hall–Kier alpha value is -2.05. The van der Waals surface area contributed by atoms with E-state index < -0.39 is 0 Å². The van der Waals surface area contributed by atoms with Gasteiger partial charge in [0.05, 0.1) is 21.4 Å². The third-order valence-corrected chi connectivity index (χ3v) is 4.66. The molecule has 0 fully saturated rings. The molecule has 28 heavy (non-hydrogen) atoms. The molecule has 8 heteroatoms. The highest BCUT2D eigenvalue weighted by molar-refractivity contribution is 6.42. The summed E-state index contributed by atoms with van der Waals surface area (Å²) in [6.07, 6.45) is 0.201. The lowest BCUT2D eigenvalue weighted by molar-refractivity contribution is -0.124. The summed E-state index contributed by atoms with van der Waals surface area (Å²) in [4.78, 5) is 24.2. The molecule has 0 radical (unpaired) electrons. The van der Waals surface area contributed by atoms with Crippen molar-refractivity contribution in [2.45, 2.75) is 58.9 Å². The highest BCUT2D eigenvalue weighted by Gasteiger charge is 2.22. The van der Waals surface area contributed by atoms with Crippen LogP contribution in [-0.2, 0) is 15.0 Å². The van der Waals surface area contributed by atoms with Crippen LogP contribution in [0.5, 0.6) is 0 Å². The maximum absolute atomic E-state index is 12.4. The first kappa shape index (κ1) is 22.2. The fourth-order valence-corrected chi connectivity index (χ4v) is 2.77. The van der Waals surface area contributed by atoms with E-state index in [1.807, 2.05) is 40.7 Å². The summed E-state index contributed by atoms with van der Waals surface area (Å²) in [5, 5.41) is 11.1. The SMILES string of the molecule is CC(C)NC(=O)CCC(=O)Nc1cc(C(C)(C)C)nn1-c1ccc(Cl)c(Cl)c1. The van der Waals surface area contributed by atoms with Crippen molar-refractivity contribution in [2.24, 2.45) is 0 Å². The minimum Gasteiger partial charge on any atom is -0.354 e. The quantitative estimate of drug-likeness (QED) is 0.703. The fourth-order valence-electron chi connectivity index (χ4n) is 2.48. The molecule has 0 saturated heterocycles. The second-order valence-corrected chi connectivity index (χ2v) is 8.76. The number of nitrogens with zero attached hydrogens (tertiary/aromatic N) is 2. The number of hydrogen-bond donors (Lipinski definition) is 2. The molecule has 0 unspecified atom stereocenters. The van der Waals surface area contributed by atoms with Crippen molar-refractivity contribution in [1.29, 1.82) is 0 Å². The Kier molecular flexibility index (Phi) is 7.12. The molecular formula is C20H26Cl2N4O2. The smallest absolute Gasteiger partial charge is 0.226 e. The first-order valence-corrected chi connectivity index (χ1v) is 9.88. The minimum atomic E-state index is -0.263. The Balaban J connectivity index is 2.24. The van der Waals surface area contributed by atoms with E-state index >= 15 is 0 Å². The Morgan fingerprint density at radius 1 is 1.07 bits per heavy atom. The molecule has 0 aliphatic carbocycles. The first-order valence-electron chi connectivity index (χ1n) is 9.12. The summed E-state index contributed by atoms with van der Waals surface area (Å²) in [7, 11) is 0. The van der Waals surface area contributed by atoms with Gasteiger partial charge in [0.15, 0.2) is 0 Å². The summed E-state index contributed by atoms with van der Waals surface area (Å²) in [5.41, 5.74) is 1.28. The van der Waals surface area contributed by atoms with Crippen molar-refractivity contribution in [3.05, 3.63) is 40.0 Å². The monoisotopic (exact) mass is 424 g/mol. The second-order valence-electron chi connectivity index (χ2n) is 7.95. The van der Waals surface area contributed by atoms with E-state index in [2.05, 4.69) is 15.7 Å². The Morgan fingerprint density at radius 3 is 2.29 bits per heavy atom. The van der Waals surface area contributed by atoms with Crippen molar-refractivity contribution < 1.29 is 9.59 Å². The molecule has 2 rings (SSSR count). The van der Waals surface area contributed by atoms with E-state index in [4.69, 9.17) is 23.2 Å². The topological polar surface area (TPSA) is 76.0 Å².